The van der Waals surface area contributed by atoms with Gasteiger partial charge in [-0.2, -0.15) is 0 Å². The van der Waals surface area contributed by atoms with Gasteiger partial charge in [-0.1, -0.05) is 18.2 Å². The highest BCUT2D eigenvalue weighted by molar-refractivity contribution is 6.00. The summed E-state index contributed by atoms with van der Waals surface area (Å²) in [5.41, 5.74) is 10.8. The van der Waals surface area contributed by atoms with Crippen molar-refractivity contribution in [3.05, 3.63) is 85.9 Å². The first-order valence-corrected chi connectivity index (χ1v) is 14.3. The summed E-state index contributed by atoms with van der Waals surface area (Å²) in [5.74, 6) is 1.74. The molecule has 0 saturated heterocycles. The summed E-state index contributed by atoms with van der Waals surface area (Å²) in [5, 5.41) is 2.56. The number of rotatable bonds is 2. The van der Waals surface area contributed by atoms with Crippen LogP contribution in [0.25, 0.3) is 5.57 Å². The SMILES string of the molecule is COC(=O)c1ccccc1C1=c2cc3c4c(c2Oc2c1cc1c5c2CCCN5CCC1)CCC[N+]=4CCC3. The van der Waals surface area contributed by atoms with Gasteiger partial charge in [-0.05, 0) is 67.9 Å². The number of methoxy groups -OCH3 is 1. The van der Waals surface area contributed by atoms with Crippen molar-refractivity contribution in [3.8, 4) is 11.5 Å². The van der Waals surface area contributed by atoms with Crippen molar-refractivity contribution in [1.29, 1.82) is 0 Å². The van der Waals surface area contributed by atoms with Crippen LogP contribution in [0.1, 0.15) is 69.4 Å². The highest BCUT2D eigenvalue weighted by Gasteiger charge is 2.36. The number of hydrogen-bond donors (Lipinski definition) is 0. The molecule has 0 N–H and O–H groups in total. The largest absolute Gasteiger partial charge is 0.465 e. The molecule has 0 bridgehead atoms. The van der Waals surface area contributed by atoms with E-state index in [1.807, 2.05) is 18.2 Å². The van der Waals surface area contributed by atoms with Crippen LogP contribution in [0.3, 0.4) is 0 Å². The van der Waals surface area contributed by atoms with E-state index in [0.29, 0.717) is 5.56 Å². The summed E-state index contributed by atoms with van der Waals surface area (Å²) in [4.78, 5) is 15.6. The Hall–Kier alpha value is -3.60. The van der Waals surface area contributed by atoms with E-state index in [1.54, 1.807) is 0 Å². The average Bonchev–Trinajstić information content (AvgIpc) is 2.97. The molecule has 3 aromatic rings. The summed E-state index contributed by atoms with van der Waals surface area (Å²) in [6.07, 6.45) is 8.93. The molecule has 0 saturated carbocycles. The lowest BCUT2D eigenvalue weighted by atomic mass is 9.82. The number of aryl methyl sites for hydroxylation is 2. The van der Waals surface area contributed by atoms with Crippen molar-refractivity contribution in [2.45, 2.75) is 51.4 Å². The number of hydrogen-bond acceptors (Lipinski definition) is 4. The lowest BCUT2D eigenvalue weighted by Gasteiger charge is -2.39. The molecule has 192 valence electrons. The van der Waals surface area contributed by atoms with E-state index in [9.17, 15) is 4.79 Å². The van der Waals surface area contributed by atoms with Gasteiger partial charge in [-0.3, -0.25) is 0 Å². The number of anilines is 1. The van der Waals surface area contributed by atoms with Crippen molar-refractivity contribution in [1.82, 2.24) is 4.58 Å². The average molecular weight is 506 g/mol. The monoisotopic (exact) mass is 505 g/mol. The molecule has 5 heterocycles. The molecule has 0 amide bonds. The molecule has 3 aromatic carbocycles. The Kier molecular flexibility index (Phi) is 4.98. The second-order valence-electron chi connectivity index (χ2n) is 11.4. The molecule has 38 heavy (non-hydrogen) atoms. The lowest BCUT2D eigenvalue weighted by molar-refractivity contribution is 0.0600. The maximum Gasteiger partial charge on any atom is 0.338 e. The van der Waals surface area contributed by atoms with Crippen LogP contribution in [0.2, 0.25) is 0 Å². The van der Waals surface area contributed by atoms with Crippen LogP contribution in [0.4, 0.5) is 5.69 Å². The topological polar surface area (TPSA) is 41.8 Å². The molecule has 0 aromatic heterocycles. The molecule has 0 spiro atoms. The summed E-state index contributed by atoms with van der Waals surface area (Å²) in [6.45, 7) is 4.52. The maximum atomic E-state index is 13.0. The van der Waals surface area contributed by atoms with Crippen LogP contribution < -0.4 is 24.8 Å². The van der Waals surface area contributed by atoms with Crippen LogP contribution >= 0.6 is 0 Å². The fourth-order valence-corrected chi connectivity index (χ4v) is 7.79. The van der Waals surface area contributed by atoms with Gasteiger partial charge in [0.15, 0.2) is 0 Å². The third-order valence-electron chi connectivity index (χ3n) is 9.29. The van der Waals surface area contributed by atoms with Gasteiger partial charge in [-0.25, -0.2) is 9.37 Å². The Morgan fingerprint density at radius 3 is 2.50 bits per heavy atom. The molecular weight excluding hydrogens is 472 g/mol. The quantitative estimate of drug-likeness (QED) is 0.306. The van der Waals surface area contributed by atoms with Crippen LogP contribution in [0.15, 0.2) is 36.4 Å². The summed E-state index contributed by atoms with van der Waals surface area (Å²) in [6, 6.07) is 12.7. The Morgan fingerprint density at radius 2 is 1.63 bits per heavy atom. The van der Waals surface area contributed by atoms with Crippen molar-refractivity contribution in [2.24, 2.45) is 0 Å². The van der Waals surface area contributed by atoms with Crippen LogP contribution in [-0.4, -0.2) is 39.3 Å². The minimum absolute atomic E-state index is 0.293. The standard InChI is InChI=1S/C33H33N2O3/c1-37-33(36)23-11-3-2-10-22(23)28-26-18-20-8-4-14-34-16-6-12-24(29(20)34)31(26)38-32-25-13-7-17-35-15-5-9-21(30(25)35)19-27(28)32/h2-3,10-11,18-19H,4-9,12-17H2,1H3/q+1. The van der Waals surface area contributed by atoms with Gasteiger partial charge in [0.25, 0.3) is 0 Å². The molecule has 5 heteroatoms. The first-order chi connectivity index (χ1) is 18.7. The van der Waals surface area contributed by atoms with Crippen LogP contribution in [-0.2, 0) is 30.4 Å². The minimum Gasteiger partial charge on any atom is -0.465 e. The predicted molar refractivity (Wildman–Crippen MR) is 148 cm³/mol. The van der Waals surface area contributed by atoms with E-state index in [4.69, 9.17) is 9.47 Å². The van der Waals surface area contributed by atoms with Crippen LogP contribution in [0.5, 0.6) is 11.5 Å². The Morgan fingerprint density at radius 1 is 0.868 bits per heavy atom. The lowest BCUT2D eigenvalue weighted by Crippen LogP contribution is -2.45. The third-order valence-corrected chi connectivity index (χ3v) is 9.29. The first kappa shape index (κ1) is 22.4. The predicted octanol–water partition coefficient (Wildman–Crippen LogP) is 3.91. The second kappa shape index (κ2) is 8.45. The van der Waals surface area contributed by atoms with Crippen molar-refractivity contribution >= 4 is 17.2 Å². The van der Waals surface area contributed by atoms with E-state index < -0.39 is 0 Å². The smallest absolute Gasteiger partial charge is 0.338 e. The minimum atomic E-state index is -0.293. The van der Waals surface area contributed by atoms with E-state index in [-0.39, 0.29) is 5.97 Å². The normalized spacial score (nSPS) is 18.6. The third kappa shape index (κ3) is 3.11. The summed E-state index contributed by atoms with van der Waals surface area (Å²) in [7, 11) is 1.47. The number of esters is 1. The highest BCUT2D eigenvalue weighted by atomic mass is 16.5. The van der Waals surface area contributed by atoms with Crippen LogP contribution in [0, 0.1) is 0 Å². The number of benzene rings is 3. The molecule has 0 fully saturated rings. The van der Waals surface area contributed by atoms with Gasteiger partial charge in [0.05, 0.1) is 18.2 Å². The second-order valence-corrected chi connectivity index (χ2v) is 11.4. The Labute approximate surface area is 223 Å². The fourth-order valence-electron chi connectivity index (χ4n) is 7.79. The summed E-state index contributed by atoms with van der Waals surface area (Å²) >= 11 is 0. The molecule has 0 aliphatic carbocycles. The molecule has 0 radical (unpaired) electrons. The van der Waals surface area contributed by atoms with Gasteiger partial charge in [-0.15, -0.1) is 0 Å². The molecular formula is C33H33N2O3+. The zero-order valence-electron chi connectivity index (χ0n) is 22.1. The number of carbonyl (C=O) groups excluding carboxylic acids is 1. The number of carbonyl (C=O) groups is 1. The number of ether oxygens (including phenoxy) is 2. The Balaban J connectivity index is 1.53. The maximum absolute atomic E-state index is 13.0. The zero-order valence-corrected chi connectivity index (χ0v) is 22.1. The van der Waals surface area contributed by atoms with Gasteiger partial charge in [0, 0.05) is 59.1 Å². The Bertz CT molecular complexity index is 1660. The molecule has 0 unspecified atom stereocenters. The van der Waals surface area contributed by atoms with Crippen molar-refractivity contribution < 1.29 is 14.3 Å². The molecule has 5 aliphatic rings. The number of nitrogens with zero attached hydrogens (tertiary/aromatic N) is 2. The van der Waals surface area contributed by atoms with Gasteiger partial charge in [0.1, 0.15) is 24.6 Å². The van der Waals surface area contributed by atoms with E-state index in [2.05, 4.69) is 27.7 Å². The van der Waals surface area contributed by atoms with E-state index >= 15 is 0 Å². The highest BCUT2D eigenvalue weighted by Crippen LogP contribution is 2.48. The van der Waals surface area contributed by atoms with Gasteiger partial charge in [0.2, 0.25) is 5.36 Å². The first-order valence-electron chi connectivity index (χ1n) is 14.3. The van der Waals surface area contributed by atoms with Crippen molar-refractivity contribution in [2.75, 3.05) is 38.2 Å². The van der Waals surface area contributed by atoms with Gasteiger partial charge >= 0.3 is 5.97 Å². The van der Waals surface area contributed by atoms with Crippen molar-refractivity contribution in [3.63, 3.8) is 0 Å². The van der Waals surface area contributed by atoms with Gasteiger partial charge < -0.3 is 14.4 Å². The molecule has 5 nitrogen and oxygen atoms in total. The van der Waals surface area contributed by atoms with E-state index in [1.165, 1.54) is 53.2 Å². The molecule has 8 rings (SSSR count). The zero-order chi connectivity index (χ0) is 25.4. The molecule has 5 aliphatic heterocycles. The van der Waals surface area contributed by atoms with E-state index in [0.717, 1.165) is 98.1 Å². The number of fused-ring (bicyclic) bond motifs is 4. The molecule has 0 atom stereocenters. The summed E-state index contributed by atoms with van der Waals surface area (Å²) < 4.78 is 15.0. The fraction of sp³-hybridized carbons (Fsp3) is 0.394.